The van der Waals surface area contributed by atoms with Crippen LogP contribution in [0.5, 0.6) is 0 Å². The molecule has 0 aromatic heterocycles. The molecule has 1 unspecified atom stereocenters. The summed E-state index contributed by atoms with van der Waals surface area (Å²) in [6.45, 7) is 2.24. The lowest BCUT2D eigenvalue weighted by atomic mass is 10.1. The first-order valence-corrected chi connectivity index (χ1v) is 8.62. The van der Waals surface area contributed by atoms with Gasteiger partial charge in [-0.25, -0.2) is 0 Å². The van der Waals surface area contributed by atoms with Crippen LogP contribution >= 0.6 is 24.2 Å². The van der Waals surface area contributed by atoms with Crippen molar-refractivity contribution in [2.45, 2.75) is 13.0 Å². The second-order valence-electron chi connectivity index (χ2n) is 5.88. The van der Waals surface area contributed by atoms with E-state index in [1.54, 1.807) is 18.2 Å². The summed E-state index contributed by atoms with van der Waals surface area (Å²) >= 11 is 1.02. The number of carbonyl (C=O) groups excluding carboxylic acids is 3. The van der Waals surface area contributed by atoms with Crippen LogP contribution in [0.3, 0.4) is 0 Å². The topological polar surface area (TPSA) is 83.7 Å². The van der Waals surface area contributed by atoms with Gasteiger partial charge in [-0.2, -0.15) is 0 Å². The van der Waals surface area contributed by atoms with E-state index in [1.165, 1.54) is 4.90 Å². The van der Waals surface area contributed by atoms with E-state index in [0.717, 1.165) is 30.3 Å². The Kier molecular flexibility index (Phi) is 6.26. The zero-order valence-corrected chi connectivity index (χ0v) is 14.8. The molecule has 2 aliphatic heterocycles. The molecule has 3 amide bonds. The fraction of sp³-hybridized carbons (Fsp3) is 0.438. The molecule has 2 saturated heterocycles. The monoisotopic (exact) mass is 369 g/mol. The highest BCUT2D eigenvalue weighted by Gasteiger charge is 2.30. The van der Waals surface area contributed by atoms with Crippen LogP contribution in [0.4, 0.5) is 4.79 Å². The molecule has 2 fully saturated rings. The van der Waals surface area contributed by atoms with E-state index in [2.05, 4.69) is 0 Å². The maximum atomic E-state index is 12.6. The van der Waals surface area contributed by atoms with Crippen LogP contribution in [0, 0.1) is 5.92 Å². The molecule has 2 aliphatic rings. The van der Waals surface area contributed by atoms with Crippen molar-refractivity contribution >= 4 is 41.2 Å². The molecule has 0 aliphatic carbocycles. The first-order chi connectivity index (χ1) is 11.1. The van der Waals surface area contributed by atoms with Crippen LogP contribution in [0.1, 0.15) is 22.3 Å². The molecule has 3 rings (SSSR count). The zero-order chi connectivity index (χ0) is 16.4. The lowest BCUT2D eigenvalue weighted by molar-refractivity contribution is -0.125. The van der Waals surface area contributed by atoms with E-state index in [-0.39, 0.29) is 41.8 Å². The van der Waals surface area contributed by atoms with Gasteiger partial charge >= 0.3 is 0 Å². The number of carbonyl (C=O) groups is 3. The van der Waals surface area contributed by atoms with Crippen molar-refractivity contribution in [2.24, 2.45) is 11.7 Å². The molecule has 8 heteroatoms. The second-order valence-corrected chi connectivity index (χ2v) is 6.80. The van der Waals surface area contributed by atoms with Crippen molar-refractivity contribution in [3.05, 3.63) is 35.4 Å². The van der Waals surface area contributed by atoms with E-state index < -0.39 is 0 Å². The third kappa shape index (κ3) is 3.91. The summed E-state index contributed by atoms with van der Waals surface area (Å²) in [4.78, 5) is 39.0. The summed E-state index contributed by atoms with van der Waals surface area (Å²) in [6.07, 6.45) is 0.940. The minimum atomic E-state index is -0.225. The number of imide groups is 1. The SMILES string of the molecule is Cl.NCC1CCN(C(=O)c2cccc(CN3C(=O)CSC3=O)c2)C1. The minimum Gasteiger partial charge on any atom is -0.338 e. The number of halogens is 1. The molecular weight excluding hydrogens is 350 g/mol. The number of nitrogens with zero attached hydrogens (tertiary/aromatic N) is 2. The smallest absolute Gasteiger partial charge is 0.289 e. The van der Waals surface area contributed by atoms with E-state index >= 15 is 0 Å². The first kappa shape index (κ1) is 18.8. The lowest BCUT2D eigenvalue weighted by Crippen LogP contribution is -2.30. The maximum Gasteiger partial charge on any atom is 0.289 e. The van der Waals surface area contributed by atoms with Gasteiger partial charge < -0.3 is 10.6 Å². The van der Waals surface area contributed by atoms with Crippen LogP contribution in [-0.2, 0) is 11.3 Å². The molecule has 0 radical (unpaired) electrons. The van der Waals surface area contributed by atoms with Crippen LogP contribution < -0.4 is 5.73 Å². The van der Waals surface area contributed by atoms with Crippen LogP contribution in [-0.4, -0.2) is 52.2 Å². The van der Waals surface area contributed by atoms with E-state index in [4.69, 9.17) is 5.73 Å². The Hall–Kier alpha value is -1.57. The molecular formula is C16H20ClN3O3S. The highest BCUT2D eigenvalue weighted by Crippen LogP contribution is 2.22. The molecule has 2 heterocycles. The van der Waals surface area contributed by atoms with Crippen molar-refractivity contribution in [1.29, 1.82) is 0 Å². The van der Waals surface area contributed by atoms with E-state index in [1.807, 2.05) is 11.0 Å². The summed E-state index contributed by atoms with van der Waals surface area (Å²) in [5.41, 5.74) is 7.04. The quantitative estimate of drug-likeness (QED) is 0.873. The van der Waals surface area contributed by atoms with Gasteiger partial charge in [-0.15, -0.1) is 12.4 Å². The van der Waals surface area contributed by atoms with Gasteiger partial charge in [-0.3, -0.25) is 19.3 Å². The Morgan fingerprint density at radius 1 is 1.33 bits per heavy atom. The van der Waals surface area contributed by atoms with Crippen molar-refractivity contribution in [1.82, 2.24) is 9.80 Å². The molecule has 0 saturated carbocycles. The second kappa shape index (κ2) is 8.00. The Morgan fingerprint density at radius 3 is 2.75 bits per heavy atom. The number of thioether (sulfide) groups is 1. The van der Waals surface area contributed by atoms with Crippen LogP contribution in [0.25, 0.3) is 0 Å². The number of hydrogen-bond acceptors (Lipinski definition) is 5. The van der Waals surface area contributed by atoms with Gasteiger partial charge in [0.2, 0.25) is 5.91 Å². The fourth-order valence-electron chi connectivity index (χ4n) is 2.91. The van der Waals surface area contributed by atoms with Crippen molar-refractivity contribution in [3.8, 4) is 0 Å². The van der Waals surface area contributed by atoms with Gasteiger partial charge in [0, 0.05) is 18.7 Å². The predicted molar refractivity (Wildman–Crippen MR) is 95.2 cm³/mol. The molecule has 24 heavy (non-hydrogen) atoms. The summed E-state index contributed by atoms with van der Waals surface area (Å²) in [5, 5.41) is -0.225. The normalized spacial score (nSPS) is 20.5. The number of rotatable bonds is 4. The fourth-order valence-corrected chi connectivity index (χ4v) is 3.64. The largest absolute Gasteiger partial charge is 0.338 e. The minimum absolute atomic E-state index is 0. The van der Waals surface area contributed by atoms with Crippen LogP contribution in [0.15, 0.2) is 24.3 Å². The molecule has 1 aromatic rings. The summed E-state index contributed by atoms with van der Waals surface area (Å²) in [6, 6.07) is 7.15. The third-order valence-electron chi connectivity index (χ3n) is 4.26. The Bertz CT molecular complexity index is 639. The Balaban J connectivity index is 0.00000208. The highest BCUT2D eigenvalue weighted by atomic mass is 35.5. The molecule has 0 spiro atoms. The molecule has 2 N–H and O–H groups in total. The van der Waals surface area contributed by atoms with Gasteiger partial charge in [0.1, 0.15) is 0 Å². The summed E-state index contributed by atoms with van der Waals surface area (Å²) in [7, 11) is 0. The Morgan fingerprint density at radius 2 is 2.12 bits per heavy atom. The number of benzene rings is 1. The average Bonchev–Trinajstić information content (AvgIpc) is 3.16. The van der Waals surface area contributed by atoms with Crippen molar-refractivity contribution in [2.75, 3.05) is 25.4 Å². The van der Waals surface area contributed by atoms with Crippen LogP contribution in [0.2, 0.25) is 0 Å². The molecule has 1 atom stereocenters. The number of amides is 3. The van der Waals surface area contributed by atoms with Crippen molar-refractivity contribution < 1.29 is 14.4 Å². The highest BCUT2D eigenvalue weighted by molar-refractivity contribution is 8.14. The van der Waals surface area contributed by atoms with E-state index in [9.17, 15) is 14.4 Å². The van der Waals surface area contributed by atoms with E-state index in [0.29, 0.717) is 24.6 Å². The maximum absolute atomic E-state index is 12.6. The Labute approximate surface area is 151 Å². The molecule has 130 valence electrons. The number of hydrogen-bond donors (Lipinski definition) is 1. The van der Waals surface area contributed by atoms with Gasteiger partial charge in [0.15, 0.2) is 0 Å². The molecule has 0 bridgehead atoms. The van der Waals surface area contributed by atoms with Gasteiger partial charge in [0.25, 0.3) is 11.1 Å². The molecule has 6 nitrogen and oxygen atoms in total. The predicted octanol–water partition coefficient (Wildman–Crippen LogP) is 1.72. The average molecular weight is 370 g/mol. The number of likely N-dealkylation sites (tertiary alicyclic amines) is 1. The standard InChI is InChI=1S/C16H19N3O3S.ClH/c17-7-12-4-5-18(8-12)15(21)13-3-1-2-11(6-13)9-19-14(20)10-23-16(19)22;/h1-3,6,12H,4-5,7-10,17H2;1H. The number of nitrogens with two attached hydrogens (primary N) is 1. The van der Waals surface area contributed by atoms with Crippen molar-refractivity contribution in [3.63, 3.8) is 0 Å². The van der Waals surface area contributed by atoms with Gasteiger partial charge in [0.05, 0.1) is 12.3 Å². The van der Waals surface area contributed by atoms with Gasteiger partial charge in [-0.1, -0.05) is 23.9 Å². The summed E-state index contributed by atoms with van der Waals surface area (Å²) in [5.74, 6) is 0.378. The zero-order valence-electron chi connectivity index (χ0n) is 13.1. The van der Waals surface area contributed by atoms with Gasteiger partial charge in [-0.05, 0) is 36.6 Å². The third-order valence-corrected chi connectivity index (χ3v) is 5.12. The first-order valence-electron chi connectivity index (χ1n) is 7.64. The molecule has 1 aromatic carbocycles. The lowest BCUT2D eigenvalue weighted by Gasteiger charge is -2.17. The summed E-state index contributed by atoms with van der Waals surface area (Å²) < 4.78 is 0.